The summed E-state index contributed by atoms with van der Waals surface area (Å²) in [6.07, 6.45) is 5.09. The summed E-state index contributed by atoms with van der Waals surface area (Å²) < 4.78 is 7.60. The van der Waals surface area contributed by atoms with E-state index in [0.717, 1.165) is 18.4 Å². The van der Waals surface area contributed by atoms with Crippen molar-refractivity contribution in [3.63, 3.8) is 0 Å². The summed E-state index contributed by atoms with van der Waals surface area (Å²) in [6.45, 7) is 0.518. The maximum Gasteiger partial charge on any atom is 0.407 e. The quantitative estimate of drug-likeness (QED) is 0.876. The Bertz CT molecular complexity index is 675. The number of benzene rings is 1. The van der Waals surface area contributed by atoms with Crippen molar-refractivity contribution in [1.82, 2.24) is 14.5 Å². The molecule has 1 N–H and O–H groups in total. The van der Waals surface area contributed by atoms with E-state index in [1.54, 1.807) is 23.3 Å². The Balaban J connectivity index is 1.88. The molecule has 1 amide bonds. The van der Waals surface area contributed by atoms with Crippen molar-refractivity contribution in [1.29, 1.82) is 0 Å². The molecule has 0 aliphatic carbocycles. The van der Waals surface area contributed by atoms with Gasteiger partial charge < -0.3 is 14.7 Å². The normalized spacial score (nSPS) is 18.6. The summed E-state index contributed by atoms with van der Waals surface area (Å²) >= 11 is 5.33. The van der Waals surface area contributed by atoms with E-state index in [1.165, 1.54) is 4.90 Å². The van der Waals surface area contributed by atoms with E-state index in [-0.39, 0.29) is 11.2 Å². The zero-order chi connectivity index (χ0) is 16.2. The van der Waals surface area contributed by atoms with Crippen LogP contribution < -0.4 is 0 Å². The molecule has 1 aromatic heterocycles. The molecule has 0 radical (unpaired) electrons. The van der Waals surface area contributed by atoms with Gasteiger partial charge in [0.05, 0.1) is 6.04 Å². The monoisotopic (exact) mass is 331 g/mol. The van der Waals surface area contributed by atoms with Gasteiger partial charge in [0, 0.05) is 18.9 Å². The van der Waals surface area contributed by atoms with E-state index in [0.29, 0.717) is 6.54 Å². The number of hydrogen-bond acceptors (Lipinski definition) is 4. The molecule has 1 aliphatic heterocycles. The van der Waals surface area contributed by atoms with Crippen LogP contribution in [0.15, 0.2) is 49.1 Å². The summed E-state index contributed by atoms with van der Waals surface area (Å²) in [7, 11) is 0. The first kappa shape index (κ1) is 15.5. The van der Waals surface area contributed by atoms with Crippen molar-refractivity contribution in [2.75, 3.05) is 6.54 Å². The second-order valence-corrected chi connectivity index (χ2v) is 5.72. The van der Waals surface area contributed by atoms with Gasteiger partial charge in [0.15, 0.2) is 0 Å². The zero-order valence-electron chi connectivity index (χ0n) is 12.4. The fraction of sp³-hybridized carbons (Fsp3) is 0.312. The first-order valence-corrected chi connectivity index (χ1v) is 7.81. The lowest BCUT2D eigenvalue weighted by atomic mass is 10.0. The molecule has 1 aliphatic rings. The number of thiocarbonyl (C=S) groups is 1. The van der Waals surface area contributed by atoms with Gasteiger partial charge >= 0.3 is 6.09 Å². The third kappa shape index (κ3) is 3.34. The number of ether oxygens (including phenoxy) is 1. The lowest BCUT2D eigenvalue weighted by Crippen LogP contribution is -2.40. The first-order chi connectivity index (χ1) is 11.2. The van der Waals surface area contributed by atoms with Crippen molar-refractivity contribution in [3.05, 3.63) is 54.6 Å². The van der Waals surface area contributed by atoms with Gasteiger partial charge in [-0.3, -0.25) is 4.57 Å². The molecule has 2 atom stereocenters. The number of carbonyl (C=O) groups is 1. The predicted octanol–water partition coefficient (Wildman–Crippen LogP) is 2.92. The van der Waals surface area contributed by atoms with Crippen LogP contribution in [0.3, 0.4) is 0 Å². The van der Waals surface area contributed by atoms with Crippen LogP contribution in [-0.4, -0.2) is 43.4 Å². The highest BCUT2D eigenvalue weighted by Crippen LogP contribution is 2.32. The molecule has 1 aromatic carbocycles. The van der Waals surface area contributed by atoms with Crippen LogP contribution in [0.2, 0.25) is 0 Å². The van der Waals surface area contributed by atoms with E-state index in [9.17, 15) is 9.90 Å². The average Bonchev–Trinajstić information content (AvgIpc) is 3.24. The molecule has 0 bridgehead atoms. The van der Waals surface area contributed by atoms with E-state index in [2.05, 4.69) is 4.98 Å². The fourth-order valence-electron chi connectivity index (χ4n) is 2.89. The Morgan fingerprint density at radius 3 is 2.83 bits per heavy atom. The second-order valence-electron chi connectivity index (χ2n) is 5.37. The maximum atomic E-state index is 11.5. The molecular weight excluding hydrogens is 314 g/mol. The Labute approximate surface area is 139 Å². The highest BCUT2D eigenvalue weighted by Gasteiger charge is 2.37. The molecule has 3 rings (SSSR count). The Hall–Kier alpha value is -2.41. The van der Waals surface area contributed by atoms with Gasteiger partial charge in [-0.1, -0.05) is 30.3 Å². The topological polar surface area (TPSA) is 67.6 Å². The number of carboxylic acid groups (broad SMARTS) is 1. The molecule has 1 fully saturated rings. The predicted molar refractivity (Wildman–Crippen MR) is 88.2 cm³/mol. The lowest BCUT2D eigenvalue weighted by Gasteiger charge is -2.30. The van der Waals surface area contributed by atoms with Gasteiger partial charge in [0.2, 0.25) is 0 Å². The number of hydrogen-bond donors (Lipinski definition) is 1. The minimum Gasteiger partial charge on any atom is -0.465 e. The zero-order valence-corrected chi connectivity index (χ0v) is 13.2. The molecule has 1 saturated heterocycles. The van der Waals surface area contributed by atoms with E-state index >= 15 is 0 Å². The minimum atomic E-state index is -0.925. The third-order valence-electron chi connectivity index (χ3n) is 3.97. The fourth-order valence-corrected chi connectivity index (χ4v) is 3.10. The van der Waals surface area contributed by atoms with Gasteiger partial charge in [0.1, 0.15) is 12.4 Å². The van der Waals surface area contributed by atoms with Crippen molar-refractivity contribution >= 4 is 23.5 Å². The number of imidazole rings is 1. The highest BCUT2D eigenvalue weighted by molar-refractivity contribution is 7.80. The number of nitrogens with zero attached hydrogens (tertiary/aromatic N) is 3. The van der Waals surface area contributed by atoms with E-state index in [4.69, 9.17) is 17.0 Å². The molecule has 7 heteroatoms. The summed E-state index contributed by atoms with van der Waals surface area (Å²) in [6, 6.07) is 9.34. The maximum absolute atomic E-state index is 11.5. The molecule has 6 nitrogen and oxygen atoms in total. The molecule has 120 valence electrons. The average molecular weight is 331 g/mol. The van der Waals surface area contributed by atoms with E-state index in [1.807, 2.05) is 30.3 Å². The highest BCUT2D eigenvalue weighted by atomic mass is 32.1. The smallest absolute Gasteiger partial charge is 0.407 e. The van der Waals surface area contributed by atoms with Gasteiger partial charge in [-0.25, -0.2) is 9.78 Å². The van der Waals surface area contributed by atoms with Crippen LogP contribution >= 0.6 is 12.2 Å². The molecule has 2 heterocycles. The Kier molecular flexibility index (Phi) is 4.57. The first-order valence-electron chi connectivity index (χ1n) is 7.40. The third-order valence-corrected chi connectivity index (χ3v) is 4.27. The number of amides is 1. The largest absolute Gasteiger partial charge is 0.465 e. The summed E-state index contributed by atoms with van der Waals surface area (Å²) in [4.78, 5) is 16.9. The van der Waals surface area contributed by atoms with E-state index < -0.39 is 12.2 Å². The van der Waals surface area contributed by atoms with Crippen LogP contribution in [0.25, 0.3) is 0 Å². The number of rotatable bonds is 3. The van der Waals surface area contributed by atoms with Crippen molar-refractivity contribution < 1.29 is 14.6 Å². The SMILES string of the molecule is O=C(O)N1CCC[C@H]1C(OC(=S)n1ccnc1)c1ccccc1. The van der Waals surface area contributed by atoms with Crippen LogP contribution in [0.5, 0.6) is 0 Å². The van der Waals surface area contributed by atoms with Gasteiger partial charge in [0.25, 0.3) is 5.17 Å². The molecule has 0 saturated carbocycles. The molecule has 2 aromatic rings. The summed E-state index contributed by atoms with van der Waals surface area (Å²) in [5.41, 5.74) is 0.910. The van der Waals surface area contributed by atoms with Crippen LogP contribution in [-0.2, 0) is 4.74 Å². The van der Waals surface area contributed by atoms with Gasteiger partial charge in [-0.05, 0) is 30.6 Å². The lowest BCUT2D eigenvalue weighted by molar-refractivity contribution is 0.0750. The minimum absolute atomic E-state index is 0.253. The van der Waals surface area contributed by atoms with Crippen LogP contribution in [0.1, 0.15) is 24.5 Å². The van der Waals surface area contributed by atoms with Crippen LogP contribution in [0, 0.1) is 0 Å². The van der Waals surface area contributed by atoms with Crippen molar-refractivity contribution in [3.8, 4) is 0 Å². The van der Waals surface area contributed by atoms with Gasteiger partial charge in [-0.2, -0.15) is 0 Å². The standard InChI is InChI=1S/C16H17N3O3S/c20-15(21)19-9-4-7-13(19)14(12-5-2-1-3-6-12)22-16(23)18-10-8-17-11-18/h1-3,5-6,8,10-11,13-14H,4,7,9H2,(H,20,21)/t13-,14?/m0/s1. The Morgan fingerprint density at radius 2 is 2.17 bits per heavy atom. The number of likely N-dealkylation sites (tertiary alicyclic amines) is 1. The summed E-state index contributed by atoms with van der Waals surface area (Å²) in [5.74, 6) is 0. The molecule has 1 unspecified atom stereocenters. The second kappa shape index (κ2) is 6.78. The van der Waals surface area contributed by atoms with Crippen molar-refractivity contribution in [2.24, 2.45) is 0 Å². The number of aromatic nitrogens is 2. The summed E-state index contributed by atoms with van der Waals surface area (Å²) in [5, 5.41) is 9.68. The molecule has 0 spiro atoms. The molecule has 23 heavy (non-hydrogen) atoms. The molecular formula is C16H17N3O3S. The Morgan fingerprint density at radius 1 is 1.39 bits per heavy atom. The van der Waals surface area contributed by atoms with Crippen molar-refractivity contribution in [2.45, 2.75) is 25.0 Å². The van der Waals surface area contributed by atoms with Gasteiger partial charge in [-0.15, -0.1) is 0 Å². The van der Waals surface area contributed by atoms with Crippen LogP contribution in [0.4, 0.5) is 4.79 Å².